The van der Waals surface area contributed by atoms with E-state index >= 15 is 0 Å². The third-order valence-electron chi connectivity index (χ3n) is 6.46. The fourth-order valence-corrected chi connectivity index (χ4v) is 6.13. The molecule has 1 unspecified atom stereocenters. The Kier molecular flexibility index (Phi) is 3.51. The monoisotopic (exact) mass is 393 g/mol. The van der Waals surface area contributed by atoms with Crippen LogP contribution in [0.25, 0.3) is 0 Å². The summed E-state index contributed by atoms with van der Waals surface area (Å²) in [5, 5.41) is -0.828. The quantitative estimate of drug-likeness (QED) is 0.788. The summed E-state index contributed by atoms with van der Waals surface area (Å²) in [6.45, 7) is 0.620. The molecule has 2 aromatic heterocycles. The molecule has 0 spiro atoms. The molecule has 1 amide bonds. The topological polar surface area (TPSA) is 46.1 Å². The summed E-state index contributed by atoms with van der Waals surface area (Å²) in [7, 11) is 0. The average molecular weight is 393 g/mol. The van der Waals surface area contributed by atoms with Gasteiger partial charge >= 0.3 is 6.18 Å². The maximum atomic E-state index is 12.8. The van der Waals surface area contributed by atoms with Gasteiger partial charge in [-0.25, -0.2) is 4.98 Å². The largest absolute Gasteiger partial charge is 0.443 e. The number of amides is 1. The minimum Gasteiger partial charge on any atom is -0.337 e. The molecule has 27 heavy (non-hydrogen) atoms. The Morgan fingerprint density at radius 1 is 1.19 bits per heavy atom. The Morgan fingerprint density at radius 2 is 1.89 bits per heavy atom. The Labute approximate surface area is 158 Å². The van der Waals surface area contributed by atoms with Crippen molar-refractivity contribution in [2.24, 2.45) is 0 Å². The Bertz CT molecular complexity index is 875. The molecule has 0 aromatic carbocycles. The third-order valence-corrected chi connectivity index (χ3v) is 7.66. The first-order valence-corrected chi connectivity index (χ1v) is 9.87. The lowest BCUT2D eigenvalue weighted by molar-refractivity contribution is -0.189. The maximum absolute atomic E-state index is 12.8. The summed E-state index contributed by atoms with van der Waals surface area (Å²) in [4.78, 5) is 22.9. The molecule has 142 valence electrons. The van der Waals surface area contributed by atoms with Crippen LogP contribution in [0.5, 0.6) is 0 Å². The van der Waals surface area contributed by atoms with E-state index in [-0.39, 0.29) is 29.2 Å². The number of thiazole rings is 1. The van der Waals surface area contributed by atoms with Crippen LogP contribution in [0.15, 0.2) is 30.7 Å². The predicted octanol–water partition coefficient (Wildman–Crippen LogP) is 4.14. The van der Waals surface area contributed by atoms with Crippen molar-refractivity contribution in [1.82, 2.24) is 14.9 Å². The van der Waals surface area contributed by atoms with Crippen LogP contribution in [0.2, 0.25) is 0 Å². The van der Waals surface area contributed by atoms with E-state index in [0.717, 1.165) is 19.3 Å². The van der Waals surface area contributed by atoms with Crippen LogP contribution in [-0.4, -0.2) is 32.9 Å². The van der Waals surface area contributed by atoms with E-state index in [9.17, 15) is 18.0 Å². The molecule has 0 radical (unpaired) electrons. The zero-order valence-corrected chi connectivity index (χ0v) is 15.3. The number of piperidine rings is 1. The predicted molar refractivity (Wildman–Crippen MR) is 93.3 cm³/mol. The number of likely N-dealkylation sites (tertiary alicyclic amines) is 1. The van der Waals surface area contributed by atoms with E-state index in [4.69, 9.17) is 0 Å². The summed E-state index contributed by atoms with van der Waals surface area (Å²) in [5.74, 6) is -0.0832. The van der Waals surface area contributed by atoms with Crippen LogP contribution in [0.4, 0.5) is 13.2 Å². The van der Waals surface area contributed by atoms with Gasteiger partial charge in [-0.2, -0.15) is 13.2 Å². The standard InChI is InChI=1S/C19H18F3N3OS/c20-19(21,22)16-24-8-14(27-16)12-3-6-25(15(26)7-12)18-9-17(10-18,11-18)13-1-4-23-5-2-13/h1-2,4-5,8,12H,3,6-7,9-11H2. The molecule has 3 aliphatic carbocycles. The molecule has 2 aromatic rings. The molecule has 4 fully saturated rings. The van der Waals surface area contributed by atoms with E-state index < -0.39 is 11.2 Å². The first-order valence-electron chi connectivity index (χ1n) is 9.05. The fraction of sp³-hybridized carbons (Fsp3) is 0.526. The van der Waals surface area contributed by atoms with E-state index in [1.807, 2.05) is 17.3 Å². The highest BCUT2D eigenvalue weighted by atomic mass is 32.1. The Hall–Kier alpha value is -1.96. The summed E-state index contributed by atoms with van der Waals surface area (Å²) >= 11 is 0.671. The van der Waals surface area contributed by atoms with Crippen molar-refractivity contribution in [3.05, 3.63) is 46.2 Å². The smallest absolute Gasteiger partial charge is 0.337 e. The molecule has 4 nitrogen and oxygen atoms in total. The molecule has 3 saturated carbocycles. The highest BCUT2D eigenvalue weighted by Crippen LogP contribution is 2.70. The van der Waals surface area contributed by atoms with Gasteiger partial charge in [0.2, 0.25) is 5.91 Å². The molecular weight excluding hydrogens is 375 g/mol. The van der Waals surface area contributed by atoms with Crippen molar-refractivity contribution >= 4 is 17.2 Å². The summed E-state index contributed by atoms with van der Waals surface area (Å²) in [6, 6.07) is 4.11. The zero-order valence-electron chi connectivity index (χ0n) is 14.5. The van der Waals surface area contributed by atoms with Gasteiger partial charge in [0, 0.05) is 53.3 Å². The molecule has 8 heteroatoms. The van der Waals surface area contributed by atoms with Gasteiger partial charge in [-0.05, 0) is 43.4 Å². The minimum atomic E-state index is -4.42. The lowest BCUT2D eigenvalue weighted by Gasteiger charge is -2.74. The van der Waals surface area contributed by atoms with Gasteiger partial charge in [-0.3, -0.25) is 9.78 Å². The normalized spacial score (nSPS) is 32.8. The van der Waals surface area contributed by atoms with Crippen LogP contribution < -0.4 is 0 Å². The molecule has 1 atom stereocenters. The highest BCUT2D eigenvalue weighted by molar-refractivity contribution is 7.11. The van der Waals surface area contributed by atoms with Gasteiger partial charge in [0.1, 0.15) is 0 Å². The molecule has 2 bridgehead atoms. The highest BCUT2D eigenvalue weighted by Gasteiger charge is 2.71. The average Bonchev–Trinajstić information content (AvgIpc) is 3.05. The Morgan fingerprint density at radius 3 is 2.48 bits per heavy atom. The second kappa shape index (κ2) is 5.53. The van der Waals surface area contributed by atoms with Crippen LogP contribution in [0.3, 0.4) is 0 Å². The number of halogens is 3. The van der Waals surface area contributed by atoms with Gasteiger partial charge < -0.3 is 4.90 Å². The van der Waals surface area contributed by atoms with Crippen molar-refractivity contribution in [2.45, 2.75) is 55.2 Å². The van der Waals surface area contributed by atoms with E-state index in [1.165, 1.54) is 11.8 Å². The van der Waals surface area contributed by atoms with Crippen LogP contribution in [0, 0.1) is 0 Å². The SMILES string of the molecule is O=C1CC(c2cnc(C(F)(F)F)s2)CCN1C12CC(c3ccncc3)(C1)C2. The number of pyridine rings is 1. The van der Waals surface area contributed by atoms with E-state index in [2.05, 4.69) is 22.1 Å². The zero-order chi connectivity index (χ0) is 18.9. The van der Waals surface area contributed by atoms with Gasteiger partial charge in [0.15, 0.2) is 5.01 Å². The second-order valence-electron chi connectivity index (χ2n) is 8.07. The number of rotatable bonds is 3. The number of hydrogen-bond donors (Lipinski definition) is 0. The van der Waals surface area contributed by atoms with Gasteiger partial charge in [-0.1, -0.05) is 0 Å². The van der Waals surface area contributed by atoms with Crippen molar-refractivity contribution in [1.29, 1.82) is 0 Å². The molecule has 0 N–H and O–H groups in total. The number of alkyl halides is 3. The van der Waals surface area contributed by atoms with Crippen molar-refractivity contribution < 1.29 is 18.0 Å². The van der Waals surface area contributed by atoms with Crippen LogP contribution >= 0.6 is 11.3 Å². The molecule has 6 rings (SSSR count). The number of aromatic nitrogens is 2. The van der Waals surface area contributed by atoms with Crippen molar-refractivity contribution in [2.75, 3.05) is 6.54 Å². The van der Waals surface area contributed by atoms with Crippen LogP contribution in [-0.2, 0) is 16.4 Å². The van der Waals surface area contributed by atoms with Gasteiger partial charge in [-0.15, -0.1) is 11.3 Å². The van der Waals surface area contributed by atoms with E-state index in [1.54, 1.807) is 0 Å². The number of hydrogen-bond acceptors (Lipinski definition) is 4. The molecule has 4 aliphatic rings. The molecular formula is C19H18F3N3OS. The second-order valence-corrected chi connectivity index (χ2v) is 9.13. The van der Waals surface area contributed by atoms with Gasteiger partial charge in [0.05, 0.1) is 0 Å². The summed E-state index contributed by atoms with van der Waals surface area (Å²) in [6.07, 6.45) is 4.43. The third kappa shape index (κ3) is 2.52. The molecule has 1 saturated heterocycles. The summed E-state index contributed by atoms with van der Waals surface area (Å²) in [5.41, 5.74) is 1.46. The van der Waals surface area contributed by atoms with E-state index in [0.29, 0.717) is 29.2 Å². The maximum Gasteiger partial charge on any atom is 0.443 e. The fourth-order valence-electron chi connectivity index (χ4n) is 5.22. The first-order chi connectivity index (χ1) is 12.8. The Balaban J connectivity index is 1.25. The minimum absolute atomic E-state index is 0.0316. The number of nitrogens with zero attached hydrogens (tertiary/aromatic N) is 3. The molecule has 1 aliphatic heterocycles. The van der Waals surface area contributed by atoms with Crippen molar-refractivity contribution in [3.8, 4) is 0 Å². The first kappa shape index (κ1) is 17.2. The molecule has 3 heterocycles. The van der Waals surface area contributed by atoms with Crippen molar-refractivity contribution in [3.63, 3.8) is 0 Å². The number of carbonyl (C=O) groups excluding carboxylic acids is 1. The van der Waals surface area contributed by atoms with Crippen LogP contribution in [0.1, 0.15) is 53.5 Å². The summed E-state index contributed by atoms with van der Waals surface area (Å²) < 4.78 is 38.3. The van der Waals surface area contributed by atoms with Gasteiger partial charge in [0.25, 0.3) is 0 Å². The number of carbonyl (C=O) groups is 1. The lowest BCUT2D eigenvalue weighted by atomic mass is 9.37. The lowest BCUT2D eigenvalue weighted by Crippen LogP contribution is -2.78.